The van der Waals surface area contributed by atoms with Crippen LogP contribution in [0.15, 0.2) is 24.3 Å². The van der Waals surface area contributed by atoms with Crippen LogP contribution in [0.2, 0.25) is 0 Å². The summed E-state index contributed by atoms with van der Waals surface area (Å²) >= 11 is 0. The zero-order valence-corrected chi connectivity index (χ0v) is 16.2. The molecule has 4 rings (SSSR count). The lowest BCUT2D eigenvalue weighted by molar-refractivity contribution is 0.0498. The van der Waals surface area contributed by atoms with Crippen molar-refractivity contribution in [1.29, 1.82) is 0 Å². The van der Waals surface area contributed by atoms with Crippen LogP contribution in [0, 0.1) is 13.8 Å². The monoisotopic (exact) mass is 352 g/mol. The summed E-state index contributed by atoms with van der Waals surface area (Å²) in [6.07, 6.45) is 1.09. The van der Waals surface area contributed by atoms with Crippen molar-refractivity contribution in [1.82, 2.24) is 14.9 Å². The molecule has 0 N–H and O–H groups in total. The highest BCUT2D eigenvalue weighted by atomic mass is 16.5. The van der Waals surface area contributed by atoms with Gasteiger partial charge in [-0.1, -0.05) is 24.3 Å². The second-order valence-electron chi connectivity index (χ2n) is 7.99. The molecule has 0 amide bonds. The van der Waals surface area contributed by atoms with Crippen molar-refractivity contribution in [2.45, 2.75) is 38.8 Å². The van der Waals surface area contributed by atoms with Crippen molar-refractivity contribution in [3.63, 3.8) is 0 Å². The quantitative estimate of drug-likeness (QED) is 0.850. The van der Waals surface area contributed by atoms with Crippen LogP contribution in [0.25, 0.3) is 0 Å². The first-order chi connectivity index (χ1) is 12.5. The van der Waals surface area contributed by atoms with Gasteiger partial charge in [0.1, 0.15) is 0 Å². The molecule has 1 fully saturated rings. The SMILES string of the molecule is Cc1ccccc1CN1CCC2(COCc3c(C)nc(N(C)C)nc32)C1. The normalized spacial score (nSPS) is 22.6. The third-order valence-electron chi connectivity index (χ3n) is 5.82. The maximum atomic E-state index is 6.02. The van der Waals surface area contributed by atoms with Crippen LogP contribution in [-0.4, -0.2) is 48.7 Å². The molecule has 5 nitrogen and oxygen atoms in total. The third-order valence-corrected chi connectivity index (χ3v) is 5.82. The number of hydrogen-bond acceptors (Lipinski definition) is 5. The number of hydrogen-bond donors (Lipinski definition) is 0. The minimum absolute atomic E-state index is 0.00523. The Morgan fingerprint density at radius 3 is 2.77 bits per heavy atom. The maximum Gasteiger partial charge on any atom is 0.225 e. The van der Waals surface area contributed by atoms with E-state index < -0.39 is 0 Å². The number of rotatable bonds is 3. The molecule has 1 saturated heterocycles. The Bertz CT molecular complexity index is 820. The number of aromatic nitrogens is 2. The van der Waals surface area contributed by atoms with Gasteiger partial charge in [-0.05, 0) is 37.9 Å². The highest BCUT2D eigenvalue weighted by Gasteiger charge is 2.45. The summed E-state index contributed by atoms with van der Waals surface area (Å²) in [4.78, 5) is 14.2. The van der Waals surface area contributed by atoms with Crippen molar-refractivity contribution in [2.75, 3.05) is 38.7 Å². The second-order valence-corrected chi connectivity index (χ2v) is 7.99. The number of ether oxygens (including phenoxy) is 1. The van der Waals surface area contributed by atoms with E-state index in [1.165, 1.54) is 22.4 Å². The minimum Gasteiger partial charge on any atom is -0.376 e. The predicted octanol–water partition coefficient (Wildman–Crippen LogP) is 2.83. The van der Waals surface area contributed by atoms with E-state index in [0.29, 0.717) is 6.61 Å². The summed E-state index contributed by atoms with van der Waals surface area (Å²) in [7, 11) is 4.01. The van der Waals surface area contributed by atoms with E-state index in [1.54, 1.807) is 0 Å². The van der Waals surface area contributed by atoms with Gasteiger partial charge in [0.15, 0.2) is 0 Å². The summed E-state index contributed by atoms with van der Waals surface area (Å²) in [6.45, 7) is 8.74. The molecule has 0 aliphatic carbocycles. The van der Waals surface area contributed by atoms with Gasteiger partial charge in [-0.2, -0.15) is 0 Å². The van der Waals surface area contributed by atoms with Gasteiger partial charge in [0.2, 0.25) is 5.95 Å². The molecule has 1 spiro atoms. The smallest absolute Gasteiger partial charge is 0.225 e. The average Bonchev–Trinajstić information content (AvgIpc) is 3.01. The first-order valence-corrected chi connectivity index (χ1v) is 9.38. The average molecular weight is 352 g/mol. The van der Waals surface area contributed by atoms with Gasteiger partial charge in [0, 0.05) is 38.4 Å². The van der Waals surface area contributed by atoms with Crippen LogP contribution in [0.4, 0.5) is 5.95 Å². The molecule has 1 atom stereocenters. The molecule has 1 aromatic carbocycles. The van der Waals surface area contributed by atoms with E-state index in [1.807, 2.05) is 19.0 Å². The molecule has 2 aliphatic heterocycles. The molecule has 138 valence electrons. The Balaban J connectivity index is 1.64. The number of anilines is 1. The first-order valence-electron chi connectivity index (χ1n) is 9.38. The van der Waals surface area contributed by atoms with Gasteiger partial charge in [0.25, 0.3) is 0 Å². The van der Waals surface area contributed by atoms with E-state index in [4.69, 9.17) is 9.72 Å². The number of nitrogens with zero attached hydrogens (tertiary/aromatic N) is 4. The summed E-state index contributed by atoms with van der Waals surface area (Å²) in [6, 6.07) is 8.67. The third kappa shape index (κ3) is 2.99. The lowest BCUT2D eigenvalue weighted by Crippen LogP contribution is -2.41. The fourth-order valence-electron chi connectivity index (χ4n) is 4.24. The zero-order valence-electron chi connectivity index (χ0n) is 16.2. The molecule has 2 aromatic rings. The van der Waals surface area contributed by atoms with Crippen LogP contribution in [0.3, 0.4) is 0 Å². The van der Waals surface area contributed by atoms with Crippen molar-refractivity contribution in [2.24, 2.45) is 0 Å². The van der Waals surface area contributed by atoms with Gasteiger partial charge in [0.05, 0.1) is 24.3 Å². The molecule has 0 saturated carbocycles. The van der Waals surface area contributed by atoms with Crippen LogP contribution in [0.5, 0.6) is 0 Å². The Kier molecular flexibility index (Phi) is 4.45. The standard InChI is InChI=1S/C21H28N4O/c1-15-7-5-6-8-17(15)11-25-10-9-21(13-25)14-26-12-18-16(2)22-20(24(3)4)23-19(18)21/h5-8H,9-14H2,1-4H3. The van der Waals surface area contributed by atoms with E-state index in [0.717, 1.165) is 44.3 Å². The summed E-state index contributed by atoms with van der Waals surface area (Å²) in [5.74, 6) is 0.805. The highest BCUT2D eigenvalue weighted by molar-refractivity contribution is 5.41. The molecule has 1 aromatic heterocycles. The fourth-order valence-corrected chi connectivity index (χ4v) is 4.24. The van der Waals surface area contributed by atoms with Gasteiger partial charge >= 0.3 is 0 Å². The summed E-state index contributed by atoms with van der Waals surface area (Å²) < 4.78 is 6.02. The molecule has 2 aliphatic rings. The topological polar surface area (TPSA) is 41.5 Å². The van der Waals surface area contributed by atoms with E-state index in [2.05, 4.69) is 48.0 Å². The van der Waals surface area contributed by atoms with Gasteiger partial charge in [-0.25, -0.2) is 9.97 Å². The number of fused-ring (bicyclic) bond motifs is 2. The molecule has 1 unspecified atom stereocenters. The van der Waals surface area contributed by atoms with E-state index >= 15 is 0 Å². The van der Waals surface area contributed by atoms with Crippen molar-refractivity contribution in [3.8, 4) is 0 Å². The number of benzene rings is 1. The molecule has 26 heavy (non-hydrogen) atoms. The minimum atomic E-state index is -0.00523. The Morgan fingerprint density at radius 2 is 2.00 bits per heavy atom. The number of likely N-dealkylation sites (tertiary alicyclic amines) is 1. The van der Waals surface area contributed by atoms with Crippen molar-refractivity contribution < 1.29 is 4.74 Å². The first kappa shape index (κ1) is 17.4. The maximum absolute atomic E-state index is 6.02. The Morgan fingerprint density at radius 1 is 1.19 bits per heavy atom. The molecule has 3 heterocycles. The lowest BCUT2D eigenvalue weighted by atomic mass is 9.80. The largest absolute Gasteiger partial charge is 0.376 e. The van der Waals surface area contributed by atoms with Crippen molar-refractivity contribution >= 4 is 5.95 Å². The molecule has 5 heteroatoms. The highest BCUT2D eigenvalue weighted by Crippen LogP contribution is 2.40. The summed E-state index contributed by atoms with van der Waals surface area (Å²) in [5.41, 5.74) is 6.23. The van der Waals surface area contributed by atoms with Crippen LogP contribution in [-0.2, 0) is 23.3 Å². The van der Waals surface area contributed by atoms with Gasteiger partial charge < -0.3 is 9.64 Å². The van der Waals surface area contributed by atoms with E-state index in [9.17, 15) is 0 Å². The molecule has 0 bridgehead atoms. The van der Waals surface area contributed by atoms with Gasteiger partial charge in [-0.15, -0.1) is 0 Å². The number of aryl methyl sites for hydroxylation is 2. The molecular weight excluding hydrogens is 324 g/mol. The zero-order chi connectivity index (χ0) is 18.3. The lowest BCUT2D eigenvalue weighted by Gasteiger charge is -2.35. The molecule has 0 radical (unpaired) electrons. The van der Waals surface area contributed by atoms with Gasteiger partial charge in [-0.3, -0.25) is 4.90 Å². The van der Waals surface area contributed by atoms with Crippen molar-refractivity contribution in [3.05, 3.63) is 52.3 Å². The second kappa shape index (κ2) is 6.63. The van der Waals surface area contributed by atoms with E-state index in [-0.39, 0.29) is 5.41 Å². The van der Waals surface area contributed by atoms with Crippen LogP contribution >= 0.6 is 0 Å². The Labute approximate surface area is 156 Å². The van der Waals surface area contributed by atoms with Crippen LogP contribution in [0.1, 0.15) is 34.5 Å². The van der Waals surface area contributed by atoms with Crippen LogP contribution < -0.4 is 4.90 Å². The summed E-state index contributed by atoms with van der Waals surface area (Å²) in [5, 5.41) is 0. The Hall–Kier alpha value is -1.98. The fraction of sp³-hybridized carbons (Fsp3) is 0.524. The molecular formula is C21H28N4O. The predicted molar refractivity (Wildman–Crippen MR) is 104 cm³/mol.